The molecule has 0 unspecified atom stereocenters. The van der Waals surface area contributed by atoms with Crippen molar-refractivity contribution in [2.45, 2.75) is 20.8 Å². The maximum atomic E-state index is 12.8. The van der Waals surface area contributed by atoms with Crippen LogP contribution in [0.25, 0.3) is 21.1 Å². The van der Waals surface area contributed by atoms with Crippen molar-refractivity contribution in [3.05, 3.63) is 60.7 Å². The van der Waals surface area contributed by atoms with Gasteiger partial charge in [-0.15, -0.1) is 11.3 Å². The summed E-state index contributed by atoms with van der Waals surface area (Å²) in [4.78, 5) is 46.2. The third-order valence-corrected chi connectivity index (χ3v) is 5.64. The molecule has 1 amide bonds. The summed E-state index contributed by atoms with van der Waals surface area (Å²) in [5.41, 5.74) is 8.49. The molecule has 3 heterocycles. The fourth-order valence-corrected chi connectivity index (χ4v) is 4.24. The van der Waals surface area contributed by atoms with Crippen molar-refractivity contribution < 1.29 is 4.79 Å². The van der Waals surface area contributed by atoms with E-state index in [4.69, 9.17) is 5.73 Å². The molecule has 3 aromatic heterocycles. The number of hydrogen-bond donors (Lipinski definition) is 4. The molecule has 0 aliphatic heterocycles. The number of aryl methyl sites for hydroxylation is 3. The molecule has 0 aliphatic carbocycles. The fourth-order valence-electron chi connectivity index (χ4n) is 3.27. The lowest BCUT2D eigenvalue weighted by atomic mass is 10.1. The van der Waals surface area contributed by atoms with Gasteiger partial charge in [0, 0.05) is 16.5 Å². The second-order valence-electron chi connectivity index (χ2n) is 6.70. The molecule has 9 heteroatoms. The standard InChI is InChI=1S/C19H17N5O3S/c1-7-4-8(2)13-10(5-7)6-11-12(20)15(28-18(11)23-13)17(26)22-14-9(3)21-19(27)24-16(14)25/h4-6H,20H2,1-3H3,(H,22,26)(H2,21,24,25,27). The van der Waals surface area contributed by atoms with Crippen LogP contribution in [0.3, 0.4) is 0 Å². The van der Waals surface area contributed by atoms with Crippen LogP contribution in [0.15, 0.2) is 27.8 Å². The van der Waals surface area contributed by atoms with Gasteiger partial charge < -0.3 is 16.0 Å². The first-order valence-corrected chi connectivity index (χ1v) is 9.31. The first-order valence-electron chi connectivity index (χ1n) is 8.49. The minimum atomic E-state index is -0.677. The molecule has 8 nitrogen and oxygen atoms in total. The normalized spacial score (nSPS) is 11.2. The molecule has 5 N–H and O–H groups in total. The van der Waals surface area contributed by atoms with Crippen molar-refractivity contribution in [2.75, 3.05) is 11.1 Å². The van der Waals surface area contributed by atoms with E-state index >= 15 is 0 Å². The number of H-pyrrole nitrogens is 2. The molecule has 0 bridgehead atoms. The van der Waals surface area contributed by atoms with Crippen LogP contribution in [-0.4, -0.2) is 20.9 Å². The van der Waals surface area contributed by atoms with E-state index < -0.39 is 17.2 Å². The Kier molecular flexibility index (Phi) is 4.04. The van der Waals surface area contributed by atoms with Crippen LogP contribution in [0.5, 0.6) is 0 Å². The Labute approximate surface area is 162 Å². The number of pyridine rings is 1. The average molecular weight is 395 g/mol. The Morgan fingerprint density at radius 3 is 2.61 bits per heavy atom. The molecule has 142 valence electrons. The number of carbonyl (C=O) groups is 1. The van der Waals surface area contributed by atoms with E-state index in [1.165, 1.54) is 6.92 Å². The van der Waals surface area contributed by atoms with Gasteiger partial charge in [0.15, 0.2) is 0 Å². The molecule has 28 heavy (non-hydrogen) atoms. The number of amides is 1. The first kappa shape index (κ1) is 17.9. The minimum Gasteiger partial charge on any atom is -0.397 e. The van der Waals surface area contributed by atoms with E-state index in [1.807, 2.05) is 26.0 Å². The summed E-state index contributed by atoms with van der Waals surface area (Å²) in [5.74, 6) is -0.530. The Bertz CT molecular complexity index is 1400. The number of nitrogens with zero attached hydrogens (tertiary/aromatic N) is 1. The summed E-state index contributed by atoms with van der Waals surface area (Å²) in [6.45, 7) is 5.53. The molecule has 0 aliphatic rings. The summed E-state index contributed by atoms with van der Waals surface area (Å²) in [7, 11) is 0. The number of carbonyl (C=O) groups excluding carboxylic acids is 1. The molecular formula is C19H17N5O3S. The molecule has 1 aromatic carbocycles. The second-order valence-corrected chi connectivity index (χ2v) is 7.70. The monoisotopic (exact) mass is 395 g/mol. The number of benzene rings is 1. The summed E-state index contributed by atoms with van der Waals surface area (Å²) in [6.07, 6.45) is 0. The van der Waals surface area contributed by atoms with Crippen molar-refractivity contribution >= 4 is 49.7 Å². The van der Waals surface area contributed by atoms with Crippen LogP contribution in [0.1, 0.15) is 26.5 Å². The Morgan fingerprint density at radius 1 is 1.14 bits per heavy atom. The van der Waals surface area contributed by atoms with Gasteiger partial charge in [-0.25, -0.2) is 9.78 Å². The number of fused-ring (bicyclic) bond motifs is 2. The van der Waals surface area contributed by atoms with Crippen LogP contribution in [0.4, 0.5) is 11.4 Å². The highest BCUT2D eigenvalue weighted by atomic mass is 32.1. The summed E-state index contributed by atoms with van der Waals surface area (Å²) < 4.78 is 0. The summed E-state index contributed by atoms with van der Waals surface area (Å²) >= 11 is 1.16. The zero-order valence-electron chi connectivity index (χ0n) is 15.4. The van der Waals surface area contributed by atoms with Crippen molar-refractivity contribution in [2.24, 2.45) is 0 Å². The van der Waals surface area contributed by atoms with E-state index in [9.17, 15) is 14.4 Å². The summed E-state index contributed by atoms with van der Waals surface area (Å²) in [5, 5.41) is 4.18. The van der Waals surface area contributed by atoms with Gasteiger partial charge in [0.1, 0.15) is 15.4 Å². The van der Waals surface area contributed by atoms with Gasteiger partial charge in [-0.05, 0) is 38.5 Å². The van der Waals surface area contributed by atoms with Crippen LogP contribution in [0.2, 0.25) is 0 Å². The Hall–Kier alpha value is -3.46. The van der Waals surface area contributed by atoms with E-state index in [0.29, 0.717) is 15.9 Å². The number of aromatic nitrogens is 3. The molecule has 0 saturated heterocycles. The highest BCUT2D eigenvalue weighted by Gasteiger charge is 2.20. The average Bonchev–Trinajstić information content (AvgIpc) is 2.93. The van der Waals surface area contributed by atoms with E-state index in [-0.39, 0.29) is 16.3 Å². The molecule has 0 radical (unpaired) electrons. The van der Waals surface area contributed by atoms with Crippen LogP contribution < -0.4 is 22.3 Å². The lowest BCUT2D eigenvalue weighted by Gasteiger charge is -2.06. The lowest BCUT2D eigenvalue weighted by Crippen LogP contribution is -2.28. The Balaban J connectivity index is 1.83. The third kappa shape index (κ3) is 2.85. The van der Waals surface area contributed by atoms with Gasteiger partial charge >= 0.3 is 5.69 Å². The molecule has 0 saturated carbocycles. The van der Waals surface area contributed by atoms with Gasteiger partial charge in [-0.1, -0.05) is 11.6 Å². The second kappa shape index (κ2) is 6.31. The number of nitrogens with one attached hydrogen (secondary N) is 3. The van der Waals surface area contributed by atoms with Crippen LogP contribution >= 0.6 is 11.3 Å². The SMILES string of the molecule is Cc1cc(C)c2nc3sc(C(=O)Nc4c(C)[nH]c(=O)[nH]c4=O)c(N)c3cc2c1. The number of anilines is 2. The summed E-state index contributed by atoms with van der Waals surface area (Å²) in [6, 6.07) is 6.00. The fraction of sp³-hybridized carbons (Fsp3) is 0.158. The molecule has 4 rings (SSSR count). The number of rotatable bonds is 2. The molecule has 0 spiro atoms. The predicted molar refractivity (Wildman–Crippen MR) is 111 cm³/mol. The number of nitrogen functional groups attached to an aromatic ring is 1. The quantitative estimate of drug-likeness (QED) is 0.414. The van der Waals surface area contributed by atoms with E-state index in [1.54, 1.807) is 0 Å². The van der Waals surface area contributed by atoms with Crippen LogP contribution in [0, 0.1) is 20.8 Å². The molecule has 4 aromatic rings. The van der Waals surface area contributed by atoms with Gasteiger partial charge in [-0.2, -0.15) is 0 Å². The van der Waals surface area contributed by atoms with Crippen molar-refractivity contribution in [3.63, 3.8) is 0 Å². The Morgan fingerprint density at radius 2 is 1.89 bits per heavy atom. The van der Waals surface area contributed by atoms with E-state index in [2.05, 4.69) is 26.3 Å². The van der Waals surface area contributed by atoms with Gasteiger partial charge in [0.05, 0.1) is 11.2 Å². The largest absolute Gasteiger partial charge is 0.397 e. The van der Waals surface area contributed by atoms with Crippen molar-refractivity contribution in [1.82, 2.24) is 15.0 Å². The lowest BCUT2D eigenvalue weighted by molar-refractivity contribution is 0.103. The maximum Gasteiger partial charge on any atom is 0.326 e. The minimum absolute atomic E-state index is 0.0222. The number of aromatic amines is 2. The third-order valence-electron chi connectivity index (χ3n) is 4.53. The first-order chi connectivity index (χ1) is 13.2. The van der Waals surface area contributed by atoms with Crippen molar-refractivity contribution in [1.29, 1.82) is 0 Å². The zero-order valence-corrected chi connectivity index (χ0v) is 16.2. The highest BCUT2D eigenvalue weighted by Crippen LogP contribution is 2.35. The zero-order chi connectivity index (χ0) is 20.2. The molecule has 0 atom stereocenters. The van der Waals surface area contributed by atoms with E-state index in [0.717, 1.165) is 33.4 Å². The number of hydrogen-bond acceptors (Lipinski definition) is 6. The molecule has 0 fully saturated rings. The van der Waals surface area contributed by atoms with Gasteiger partial charge in [0.2, 0.25) is 0 Å². The topological polar surface area (TPSA) is 134 Å². The van der Waals surface area contributed by atoms with Gasteiger partial charge in [0.25, 0.3) is 11.5 Å². The van der Waals surface area contributed by atoms with Gasteiger partial charge in [-0.3, -0.25) is 14.6 Å². The predicted octanol–water partition coefficient (Wildman–Crippen LogP) is 2.59. The number of thiophene rings is 1. The highest BCUT2D eigenvalue weighted by molar-refractivity contribution is 7.21. The number of nitrogens with two attached hydrogens (primary N) is 1. The molecular weight excluding hydrogens is 378 g/mol. The maximum absolute atomic E-state index is 12.8. The van der Waals surface area contributed by atoms with Crippen LogP contribution in [-0.2, 0) is 0 Å². The van der Waals surface area contributed by atoms with Crippen molar-refractivity contribution in [3.8, 4) is 0 Å². The smallest absolute Gasteiger partial charge is 0.326 e.